The molecule has 2 rings (SSSR count). The predicted octanol–water partition coefficient (Wildman–Crippen LogP) is 2.68. The molecule has 0 saturated heterocycles. The van der Waals surface area contributed by atoms with Gasteiger partial charge in [-0.15, -0.1) is 0 Å². The van der Waals surface area contributed by atoms with Crippen LogP contribution in [0.3, 0.4) is 0 Å². The van der Waals surface area contributed by atoms with Crippen LogP contribution in [0.5, 0.6) is 5.88 Å². The van der Waals surface area contributed by atoms with Crippen LogP contribution in [0.1, 0.15) is 36.7 Å². The predicted molar refractivity (Wildman–Crippen MR) is 82.6 cm³/mol. The molecule has 7 heteroatoms. The molecule has 2 aromatic rings. The van der Waals surface area contributed by atoms with Crippen molar-refractivity contribution in [2.75, 3.05) is 0 Å². The largest absolute Gasteiger partial charge is 0.488 e. The minimum absolute atomic E-state index is 0.0426. The molecule has 0 bridgehead atoms. The molecule has 0 aliphatic rings. The Kier molecular flexibility index (Phi) is 4.36. The SMILES string of the molecule is CC(C)c1ccc(/C=C\c2nc(O)c([N+](=O)[O-])c(=O)[nH]2)cc1. The highest BCUT2D eigenvalue weighted by atomic mass is 16.6. The second-order valence-corrected chi connectivity index (χ2v) is 5.04. The van der Waals surface area contributed by atoms with Crippen molar-refractivity contribution < 1.29 is 10.0 Å². The zero-order valence-corrected chi connectivity index (χ0v) is 12.1. The fraction of sp³-hybridized carbons (Fsp3) is 0.200. The average Bonchev–Trinajstić information content (AvgIpc) is 2.44. The second-order valence-electron chi connectivity index (χ2n) is 5.04. The van der Waals surface area contributed by atoms with Gasteiger partial charge in [0.05, 0.1) is 4.92 Å². The van der Waals surface area contributed by atoms with E-state index in [0.29, 0.717) is 5.92 Å². The monoisotopic (exact) mass is 301 g/mol. The highest BCUT2D eigenvalue weighted by molar-refractivity contribution is 5.67. The van der Waals surface area contributed by atoms with Gasteiger partial charge in [-0.25, -0.2) is 0 Å². The molecular weight excluding hydrogens is 286 g/mol. The average molecular weight is 301 g/mol. The number of aromatic amines is 1. The van der Waals surface area contributed by atoms with Gasteiger partial charge in [-0.2, -0.15) is 4.98 Å². The lowest BCUT2D eigenvalue weighted by atomic mass is 10.0. The van der Waals surface area contributed by atoms with Crippen molar-refractivity contribution in [1.82, 2.24) is 9.97 Å². The molecule has 1 heterocycles. The molecule has 0 atom stereocenters. The molecule has 1 aromatic carbocycles. The number of H-pyrrole nitrogens is 1. The van der Waals surface area contributed by atoms with Crippen molar-refractivity contribution in [3.63, 3.8) is 0 Å². The van der Waals surface area contributed by atoms with Crippen LogP contribution < -0.4 is 5.56 Å². The van der Waals surface area contributed by atoms with Gasteiger partial charge in [-0.1, -0.05) is 44.2 Å². The van der Waals surface area contributed by atoms with E-state index in [1.54, 1.807) is 6.08 Å². The maximum atomic E-state index is 11.5. The Morgan fingerprint density at radius 1 is 1.27 bits per heavy atom. The highest BCUT2D eigenvalue weighted by Crippen LogP contribution is 2.18. The van der Waals surface area contributed by atoms with Gasteiger partial charge in [0.1, 0.15) is 5.82 Å². The zero-order valence-electron chi connectivity index (χ0n) is 12.1. The Labute approximate surface area is 126 Å². The molecule has 0 saturated carbocycles. The lowest BCUT2D eigenvalue weighted by Gasteiger charge is -2.04. The summed E-state index contributed by atoms with van der Waals surface area (Å²) >= 11 is 0. The molecule has 0 fully saturated rings. The van der Waals surface area contributed by atoms with E-state index in [1.807, 2.05) is 24.3 Å². The molecule has 2 N–H and O–H groups in total. The molecule has 22 heavy (non-hydrogen) atoms. The highest BCUT2D eigenvalue weighted by Gasteiger charge is 2.21. The number of aromatic hydroxyl groups is 1. The first-order chi connectivity index (χ1) is 10.4. The summed E-state index contributed by atoms with van der Waals surface area (Å²) in [6.07, 6.45) is 3.16. The minimum Gasteiger partial charge on any atom is -0.488 e. The Balaban J connectivity index is 2.27. The number of nitro groups is 1. The van der Waals surface area contributed by atoms with E-state index in [0.717, 1.165) is 5.56 Å². The fourth-order valence-corrected chi connectivity index (χ4v) is 1.88. The van der Waals surface area contributed by atoms with E-state index in [4.69, 9.17) is 0 Å². The molecule has 0 unspecified atom stereocenters. The van der Waals surface area contributed by atoms with Crippen molar-refractivity contribution in [3.8, 4) is 5.88 Å². The normalized spacial score (nSPS) is 11.2. The van der Waals surface area contributed by atoms with Crippen LogP contribution in [0.25, 0.3) is 12.2 Å². The molecule has 0 spiro atoms. The van der Waals surface area contributed by atoms with Crippen molar-refractivity contribution >= 4 is 17.8 Å². The molecule has 0 aliphatic heterocycles. The third-order valence-corrected chi connectivity index (χ3v) is 3.11. The van der Waals surface area contributed by atoms with Crippen molar-refractivity contribution in [1.29, 1.82) is 0 Å². The maximum absolute atomic E-state index is 11.5. The Bertz CT molecular complexity index is 776. The fourth-order valence-electron chi connectivity index (χ4n) is 1.88. The number of hydrogen-bond donors (Lipinski definition) is 2. The number of nitrogens with one attached hydrogen (secondary N) is 1. The first-order valence-corrected chi connectivity index (χ1v) is 6.64. The Hall–Kier alpha value is -2.96. The molecule has 7 nitrogen and oxygen atoms in total. The van der Waals surface area contributed by atoms with Crippen molar-refractivity contribution in [3.05, 3.63) is 61.7 Å². The van der Waals surface area contributed by atoms with Gasteiger partial charge in [-0.3, -0.25) is 14.9 Å². The molecule has 0 aliphatic carbocycles. The van der Waals surface area contributed by atoms with Crippen LogP contribution in [-0.2, 0) is 0 Å². The summed E-state index contributed by atoms with van der Waals surface area (Å²) in [5.74, 6) is -0.424. The number of benzene rings is 1. The lowest BCUT2D eigenvalue weighted by molar-refractivity contribution is -0.387. The van der Waals surface area contributed by atoms with Gasteiger partial charge < -0.3 is 10.1 Å². The third-order valence-electron chi connectivity index (χ3n) is 3.11. The smallest absolute Gasteiger partial charge is 0.395 e. The molecule has 0 amide bonds. The number of hydrogen-bond acceptors (Lipinski definition) is 5. The first-order valence-electron chi connectivity index (χ1n) is 6.64. The summed E-state index contributed by atoms with van der Waals surface area (Å²) in [5.41, 5.74) is 0.132. The van der Waals surface area contributed by atoms with Crippen LogP contribution in [-0.4, -0.2) is 20.0 Å². The molecular formula is C15H15N3O4. The van der Waals surface area contributed by atoms with Crippen LogP contribution in [0.2, 0.25) is 0 Å². The van der Waals surface area contributed by atoms with Crippen molar-refractivity contribution in [2.24, 2.45) is 0 Å². The molecule has 114 valence electrons. The number of nitrogens with zero attached hydrogens (tertiary/aromatic N) is 2. The third kappa shape index (κ3) is 3.38. The summed E-state index contributed by atoms with van der Waals surface area (Å²) in [5, 5.41) is 20.0. The van der Waals surface area contributed by atoms with Crippen LogP contribution in [0.15, 0.2) is 29.1 Å². The second kappa shape index (κ2) is 6.21. The zero-order chi connectivity index (χ0) is 16.3. The van der Waals surface area contributed by atoms with E-state index in [9.17, 15) is 20.0 Å². The Morgan fingerprint density at radius 3 is 2.41 bits per heavy atom. The first kappa shape index (κ1) is 15.4. The summed E-state index contributed by atoms with van der Waals surface area (Å²) < 4.78 is 0. The minimum atomic E-state index is -0.993. The van der Waals surface area contributed by atoms with Gasteiger partial charge in [-0.05, 0) is 23.1 Å². The van der Waals surface area contributed by atoms with Crippen LogP contribution >= 0.6 is 0 Å². The standard InChI is InChI=1S/C15H15N3O4/c1-9(2)11-6-3-10(4-7-11)5-8-12-16-14(19)13(18(21)22)15(20)17-12/h3-9H,1-2H3,(H2,16,17,19,20)/b8-5-. The van der Waals surface area contributed by atoms with Crippen LogP contribution in [0.4, 0.5) is 5.69 Å². The van der Waals surface area contributed by atoms with Crippen LogP contribution in [0, 0.1) is 10.1 Å². The number of aromatic nitrogens is 2. The maximum Gasteiger partial charge on any atom is 0.395 e. The summed E-state index contributed by atoms with van der Waals surface area (Å²) in [7, 11) is 0. The topological polar surface area (TPSA) is 109 Å². The van der Waals surface area contributed by atoms with E-state index >= 15 is 0 Å². The Morgan fingerprint density at radius 2 is 1.91 bits per heavy atom. The number of rotatable bonds is 4. The summed E-state index contributed by atoms with van der Waals surface area (Å²) in [4.78, 5) is 26.9. The lowest BCUT2D eigenvalue weighted by Crippen LogP contribution is -2.14. The van der Waals surface area contributed by atoms with E-state index < -0.39 is 22.0 Å². The van der Waals surface area contributed by atoms with Gasteiger partial charge >= 0.3 is 11.2 Å². The van der Waals surface area contributed by atoms with Crippen molar-refractivity contribution in [2.45, 2.75) is 19.8 Å². The summed E-state index contributed by atoms with van der Waals surface area (Å²) in [6, 6.07) is 7.81. The van der Waals surface area contributed by atoms with Gasteiger partial charge in [0.2, 0.25) is 0 Å². The quantitative estimate of drug-likeness (QED) is 0.666. The van der Waals surface area contributed by atoms with E-state index in [1.165, 1.54) is 11.6 Å². The van der Waals surface area contributed by atoms with E-state index in [-0.39, 0.29) is 5.82 Å². The molecule has 1 aromatic heterocycles. The van der Waals surface area contributed by atoms with Gasteiger partial charge in [0, 0.05) is 0 Å². The van der Waals surface area contributed by atoms with E-state index in [2.05, 4.69) is 23.8 Å². The molecule has 0 radical (unpaired) electrons. The van der Waals surface area contributed by atoms with Gasteiger partial charge in [0.25, 0.3) is 5.88 Å². The van der Waals surface area contributed by atoms with Gasteiger partial charge in [0.15, 0.2) is 0 Å². The summed E-state index contributed by atoms with van der Waals surface area (Å²) in [6.45, 7) is 4.19.